The predicted octanol–water partition coefficient (Wildman–Crippen LogP) is 4.62. The Bertz CT molecular complexity index is 1080. The summed E-state index contributed by atoms with van der Waals surface area (Å²) >= 11 is 5.59. The van der Waals surface area contributed by atoms with Crippen molar-refractivity contribution in [1.29, 1.82) is 0 Å². The van der Waals surface area contributed by atoms with E-state index in [1.807, 2.05) is 24.3 Å². The first-order valence-electron chi connectivity index (χ1n) is 9.93. The molecule has 2 rings (SSSR count). The highest BCUT2D eigenvalue weighted by atomic mass is 35.5. The molecule has 0 aliphatic heterocycles. The molecule has 0 saturated carbocycles. The summed E-state index contributed by atoms with van der Waals surface area (Å²) in [5.74, 6) is -0.0912. The van der Waals surface area contributed by atoms with Crippen LogP contribution in [-0.4, -0.2) is 40.3 Å². The fraction of sp³-hybridized carbons (Fsp3) is 0.409. The second-order valence-corrected chi connectivity index (χ2v) is 10.7. The molecule has 0 fully saturated rings. The number of nitrogens with zero attached hydrogens (tertiary/aromatic N) is 1. The van der Waals surface area contributed by atoms with Crippen LogP contribution in [0.2, 0.25) is 5.02 Å². The van der Waals surface area contributed by atoms with Gasteiger partial charge < -0.3 is 10.1 Å². The van der Waals surface area contributed by atoms with E-state index in [4.69, 9.17) is 16.3 Å². The number of benzene rings is 2. The van der Waals surface area contributed by atoms with Gasteiger partial charge in [0.25, 0.3) is 0 Å². The van der Waals surface area contributed by atoms with Crippen molar-refractivity contribution < 1.29 is 31.1 Å². The highest BCUT2D eigenvalue weighted by Gasteiger charge is 2.34. The molecule has 0 radical (unpaired) electrons. The van der Waals surface area contributed by atoms with E-state index >= 15 is 0 Å². The Labute approximate surface area is 196 Å². The minimum atomic E-state index is -4.78. The summed E-state index contributed by atoms with van der Waals surface area (Å²) < 4.78 is 69.8. The lowest BCUT2D eigenvalue weighted by Crippen LogP contribution is -2.41. The SMILES string of the molecule is CC(C)(C)c1ccc(OCCNC(=O)CN(c2ccc(Cl)c(C(F)(F)F)c2)S(C)(=O)=O)cc1. The smallest absolute Gasteiger partial charge is 0.417 e. The molecule has 0 unspecified atom stereocenters. The molecule has 0 spiro atoms. The Kier molecular flexibility index (Phi) is 8.29. The highest BCUT2D eigenvalue weighted by Crippen LogP contribution is 2.37. The van der Waals surface area contributed by atoms with Crippen molar-refractivity contribution in [2.45, 2.75) is 32.4 Å². The largest absolute Gasteiger partial charge is 0.492 e. The lowest BCUT2D eigenvalue weighted by Gasteiger charge is -2.23. The molecule has 1 amide bonds. The van der Waals surface area contributed by atoms with E-state index in [1.54, 1.807) is 0 Å². The first-order chi connectivity index (χ1) is 15.1. The quantitative estimate of drug-likeness (QED) is 0.530. The number of ether oxygens (including phenoxy) is 1. The van der Waals surface area contributed by atoms with E-state index in [0.29, 0.717) is 16.1 Å². The summed E-state index contributed by atoms with van der Waals surface area (Å²) in [6.07, 6.45) is -3.98. The molecule has 1 N–H and O–H groups in total. The number of halogens is 4. The summed E-state index contributed by atoms with van der Waals surface area (Å²) in [7, 11) is -4.05. The Morgan fingerprint density at radius 1 is 1.09 bits per heavy atom. The van der Waals surface area contributed by atoms with Gasteiger partial charge in [0.2, 0.25) is 15.9 Å². The molecular formula is C22H26ClF3N2O4S. The first-order valence-corrected chi connectivity index (χ1v) is 12.2. The molecule has 0 bridgehead atoms. The van der Waals surface area contributed by atoms with Crippen LogP contribution in [0.1, 0.15) is 31.9 Å². The van der Waals surface area contributed by atoms with Crippen molar-refractivity contribution in [3.63, 3.8) is 0 Å². The molecule has 2 aromatic carbocycles. The Morgan fingerprint density at radius 2 is 1.70 bits per heavy atom. The number of carbonyl (C=O) groups excluding carboxylic acids is 1. The molecule has 11 heteroatoms. The number of hydrogen-bond acceptors (Lipinski definition) is 4. The van der Waals surface area contributed by atoms with Crippen LogP contribution in [0.5, 0.6) is 5.75 Å². The number of amides is 1. The minimum absolute atomic E-state index is 0.00292. The number of hydrogen-bond donors (Lipinski definition) is 1. The molecule has 33 heavy (non-hydrogen) atoms. The zero-order chi connectivity index (χ0) is 25.0. The van der Waals surface area contributed by atoms with Crippen molar-refractivity contribution in [1.82, 2.24) is 5.32 Å². The number of anilines is 1. The van der Waals surface area contributed by atoms with Gasteiger partial charge in [-0.15, -0.1) is 0 Å². The topological polar surface area (TPSA) is 75.7 Å². The number of sulfonamides is 1. The molecule has 6 nitrogen and oxygen atoms in total. The highest BCUT2D eigenvalue weighted by molar-refractivity contribution is 7.92. The average Bonchev–Trinajstić information content (AvgIpc) is 2.68. The van der Waals surface area contributed by atoms with Gasteiger partial charge in [-0.2, -0.15) is 13.2 Å². The second kappa shape index (κ2) is 10.2. The average molecular weight is 507 g/mol. The molecule has 0 aliphatic carbocycles. The van der Waals surface area contributed by atoms with Gasteiger partial charge in [-0.25, -0.2) is 8.42 Å². The third-order valence-electron chi connectivity index (χ3n) is 4.64. The fourth-order valence-corrected chi connectivity index (χ4v) is 3.96. The van der Waals surface area contributed by atoms with Crippen molar-refractivity contribution >= 4 is 33.2 Å². The zero-order valence-corrected chi connectivity index (χ0v) is 20.2. The van der Waals surface area contributed by atoms with Crippen LogP contribution >= 0.6 is 11.6 Å². The summed E-state index contributed by atoms with van der Waals surface area (Å²) in [4.78, 5) is 12.3. The van der Waals surface area contributed by atoms with Crippen molar-refractivity contribution in [2.75, 3.05) is 30.3 Å². The fourth-order valence-electron chi connectivity index (χ4n) is 2.88. The third kappa shape index (κ3) is 7.82. The van der Waals surface area contributed by atoms with Crippen LogP contribution in [0.25, 0.3) is 0 Å². The number of rotatable bonds is 8. The summed E-state index contributed by atoms with van der Waals surface area (Å²) in [5.41, 5.74) is -0.371. The number of nitrogens with one attached hydrogen (secondary N) is 1. The van der Waals surface area contributed by atoms with Crippen LogP contribution in [0.15, 0.2) is 42.5 Å². The summed E-state index contributed by atoms with van der Waals surface area (Å²) in [6, 6.07) is 10.2. The monoisotopic (exact) mass is 506 g/mol. The Hall–Kier alpha value is -2.46. The molecule has 0 aliphatic rings. The van der Waals surface area contributed by atoms with E-state index in [1.165, 1.54) is 0 Å². The molecular weight excluding hydrogens is 481 g/mol. The zero-order valence-electron chi connectivity index (χ0n) is 18.7. The van der Waals surface area contributed by atoms with Gasteiger partial charge in [-0.05, 0) is 41.3 Å². The second-order valence-electron chi connectivity index (χ2n) is 8.40. The third-order valence-corrected chi connectivity index (χ3v) is 6.11. The summed E-state index contributed by atoms with van der Waals surface area (Å²) in [6.45, 7) is 5.77. The van der Waals surface area contributed by atoms with Crippen molar-refractivity contribution in [3.05, 3.63) is 58.6 Å². The minimum Gasteiger partial charge on any atom is -0.492 e. The van der Waals surface area contributed by atoms with Gasteiger partial charge in [0, 0.05) is 0 Å². The number of carbonyl (C=O) groups is 1. The molecule has 0 saturated heterocycles. The van der Waals surface area contributed by atoms with Crippen molar-refractivity contribution in [3.8, 4) is 5.75 Å². The Balaban J connectivity index is 1.99. The maximum Gasteiger partial charge on any atom is 0.417 e. The van der Waals surface area contributed by atoms with Gasteiger partial charge in [0.1, 0.15) is 18.9 Å². The molecule has 182 valence electrons. The van der Waals surface area contributed by atoms with Gasteiger partial charge in [0.05, 0.1) is 29.1 Å². The van der Waals surface area contributed by atoms with Gasteiger partial charge in [-0.1, -0.05) is 44.5 Å². The van der Waals surface area contributed by atoms with Crippen LogP contribution in [0.3, 0.4) is 0 Å². The van der Waals surface area contributed by atoms with Crippen molar-refractivity contribution in [2.24, 2.45) is 0 Å². The molecule has 0 aromatic heterocycles. The normalized spacial score (nSPS) is 12.4. The van der Waals surface area contributed by atoms with E-state index in [9.17, 15) is 26.4 Å². The van der Waals surface area contributed by atoms with E-state index < -0.39 is 39.2 Å². The van der Waals surface area contributed by atoms with Crippen LogP contribution < -0.4 is 14.4 Å². The van der Waals surface area contributed by atoms with E-state index in [-0.39, 0.29) is 24.3 Å². The van der Waals surface area contributed by atoms with E-state index in [2.05, 4.69) is 26.1 Å². The lowest BCUT2D eigenvalue weighted by atomic mass is 9.87. The lowest BCUT2D eigenvalue weighted by molar-refractivity contribution is -0.137. The maximum absolute atomic E-state index is 13.1. The molecule has 0 heterocycles. The van der Waals surface area contributed by atoms with Gasteiger partial charge >= 0.3 is 6.18 Å². The maximum atomic E-state index is 13.1. The Morgan fingerprint density at radius 3 is 2.21 bits per heavy atom. The molecule has 0 atom stereocenters. The van der Waals surface area contributed by atoms with Crippen LogP contribution in [0.4, 0.5) is 18.9 Å². The van der Waals surface area contributed by atoms with Crippen LogP contribution in [0, 0.1) is 0 Å². The predicted molar refractivity (Wildman–Crippen MR) is 122 cm³/mol. The van der Waals surface area contributed by atoms with Gasteiger partial charge in [-0.3, -0.25) is 9.10 Å². The first kappa shape index (κ1) is 26.8. The summed E-state index contributed by atoms with van der Waals surface area (Å²) in [5, 5.41) is 1.93. The van der Waals surface area contributed by atoms with Crippen LogP contribution in [-0.2, 0) is 26.4 Å². The van der Waals surface area contributed by atoms with Gasteiger partial charge in [0.15, 0.2) is 0 Å². The van der Waals surface area contributed by atoms with E-state index in [0.717, 1.165) is 24.0 Å². The number of alkyl halides is 3. The standard InChI is InChI=1S/C22H26ClF3N2O4S/c1-21(2,3)15-5-8-17(9-6-15)32-12-11-27-20(29)14-28(33(4,30)31)16-7-10-19(23)18(13-16)22(24,25)26/h5-10,13H,11-12,14H2,1-4H3,(H,27,29). The molecule has 2 aromatic rings.